The molecule has 1 amide bonds. The molecule has 12 heteroatoms. The van der Waals surface area contributed by atoms with E-state index < -0.39 is 15.9 Å². The highest BCUT2D eigenvalue weighted by Gasteiger charge is 2.31. The van der Waals surface area contributed by atoms with Gasteiger partial charge in [-0.1, -0.05) is 28.4 Å². The van der Waals surface area contributed by atoms with Crippen molar-refractivity contribution in [3.8, 4) is 5.75 Å². The normalized spacial score (nSPS) is 15.7. The van der Waals surface area contributed by atoms with Crippen molar-refractivity contribution in [1.29, 1.82) is 0 Å². The number of piperazine rings is 1. The molecule has 1 fully saturated rings. The minimum Gasteiger partial charge on any atom is -0.497 e. The zero-order chi connectivity index (χ0) is 23.8. The van der Waals surface area contributed by atoms with Crippen LogP contribution in [0.3, 0.4) is 0 Å². The predicted octanol–water partition coefficient (Wildman–Crippen LogP) is 3.18. The first-order chi connectivity index (χ1) is 15.7. The molecule has 0 radical (unpaired) electrons. The molecule has 9 nitrogen and oxygen atoms in total. The molecular formula is C21H19Cl2N3O6S. The second-order valence-corrected chi connectivity index (χ2v) is 9.98. The van der Waals surface area contributed by atoms with Crippen LogP contribution in [0.2, 0.25) is 10.0 Å². The Morgan fingerprint density at radius 2 is 1.79 bits per heavy atom. The molecule has 1 aromatic heterocycles. The maximum absolute atomic E-state index is 13.1. The average molecular weight is 512 g/mol. The maximum Gasteiger partial charge on any atom is 0.289 e. The Bertz CT molecular complexity index is 1400. The summed E-state index contributed by atoms with van der Waals surface area (Å²) in [5.41, 5.74) is 0.314. The predicted molar refractivity (Wildman–Crippen MR) is 121 cm³/mol. The van der Waals surface area contributed by atoms with Crippen LogP contribution >= 0.6 is 23.2 Å². The molecule has 1 aliphatic rings. The van der Waals surface area contributed by atoms with Crippen LogP contribution in [0.25, 0.3) is 11.0 Å². The first kappa shape index (κ1) is 23.4. The largest absolute Gasteiger partial charge is 0.497 e. The van der Waals surface area contributed by atoms with Crippen molar-refractivity contribution in [3.05, 3.63) is 63.6 Å². The van der Waals surface area contributed by atoms with E-state index in [1.54, 1.807) is 18.2 Å². The summed E-state index contributed by atoms with van der Waals surface area (Å²) in [6, 6.07) is 10.4. The van der Waals surface area contributed by atoms with Gasteiger partial charge in [0.05, 0.1) is 22.1 Å². The number of fused-ring (bicyclic) bond motifs is 1. The van der Waals surface area contributed by atoms with Gasteiger partial charge in [0.2, 0.25) is 10.0 Å². The highest BCUT2D eigenvalue weighted by Crippen LogP contribution is 2.27. The fourth-order valence-corrected chi connectivity index (χ4v) is 5.35. The van der Waals surface area contributed by atoms with Gasteiger partial charge in [0.1, 0.15) is 16.7 Å². The number of hydrogen-bond donors (Lipinski definition) is 1. The van der Waals surface area contributed by atoms with Gasteiger partial charge in [-0.3, -0.25) is 4.79 Å². The Morgan fingerprint density at radius 3 is 2.42 bits per heavy atom. The first-order valence-electron chi connectivity index (χ1n) is 9.79. The van der Waals surface area contributed by atoms with E-state index in [9.17, 15) is 18.4 Å². The SMILES string of the molecule is COc1ccc2/c(=N/O)cc(C(=O)N3CCN(S(=O)(=O)c4ccc(Cl)c(Cl)c4)CC3)oc2c1. The molecule has 0 saturated carbocycles. The van der Waals surface area contributed by atoms with E-state index in [2.05, 4.69) is 5.16 Å². The van der Waals surface area contributed by atoms with Crippen molar-refractivity contribution in [3.63, 3.8) is 0 Å². The summed E-state index contributed by atoms with van der Waals surface area (Å²) in [6.45, 7) is 0.479. The van der Waals surface area contributed by atoms with E-state index in [0.717, 1.165) is 0 Å². The number of methoxy groups -OCH3 is 1. The minimum absolute atomic E-state index is 0.0318. The lowest BCUT2D eigenvalue weighted by molar-refractivity contribution is 0.0666. The average Bonchev–Trinajstić information content (AvgIpc) is 2.84. The molecule has 0 bridgehead atoms. The van der Waals surface area contributed by atoms with Gasteiger partial charge in [-0.2, -0.15) is 4.31 Å². The summed E-state index contributed by atoms with van der Waals surface area (Å²) in [7, 11) is -2.30. The quantitative estimate of drug-likeness (QED) is 0.425. The van der Waals surface area contributed by atoms with Crippen molar-refractivity contribution < 1.29 is 27.6 Å². The minimum atomic E-state index is -3.80. The molecule has 0 spiro atoms. The number of sulfonamides is 1. The first-order valence-corrected chi connectivity index (χ1v) is 12.0. The number of carbonyl (C=O) groups is 1. The van der Waals surface area contributed by atoms with E-state index in [1.807, 2.05) is 0 Å². The second kappa shape index (κ2) is 9.22. The van der Waals surface area contributed by atoms with Gasteiger partial charge >= 0.3 is 0 Å². The molecule has 0 unspecified atom stereocenters. The number of nitrogens with zero attached hydrogens (tertiary/aromatic N) is 3. The van der Waals surface area contributed by atoms with Gasteiger partial charge in [-0.25, -0.2) is 8.42 Å². The summed E-state index contributed by atoms with van der Waals surface area (Å²) in [5.74, 6) is 0.0291. The Labute approximate surface area is 199 Å². The van der Waals surface area contributed by atoms with E-state index in [4.69, 9.17) is 32.4 Å². The van der Waals surface area contributed by atoms with Gasteiger partial charge < -0.3 is 19.3 Å². The van der Waals surface area contributed by atoms with Gasteiger partial charge in [0, 0.05) is 43.7 Å². The summed E-state index contributed by atoms with van der Waals surface area (Å²) >= 11 is 11.8. The molecule has 1 saturated heterocycles. The number of amides is 1. The third kappa shape index (κ3) is 4.51. The van der Waals surface area contributed by atoms with Gasteiger partial charge in [-0.05, 0) is 30.3 Å². The number of rotatable bonds is 4. The van der Waals surface area contributed by atoms with Crippen molar-refractivity contribution in [1.82, 2.24) is 9.21 Å². The Balaban J connectivity index is 1.55. The van der Waals surface area contributed by atoms with Crippen LogP contribution in [0.15, 0.2) is 56.9 Å². The van der Waals surface area contributed by atoms with Gasteiger partial charge in [0.15, 0.2) is 5.76 Å². The Hall–Kier alpha value is -2.79. The van der Waals surface area contributed by atoms with E-state index in [1.165, 1.54) is 40.6 Å². The fourth-order valence-electron chi connectivity index (χ4n) is 3.54. The topological polar surface area (TPSA) is 113 Å². The van der Waals surface area contributed by atoms with Crippen molar-refractivity contribution in [2.45, 2.75) is 4.90 Å². The highest BCUT2D eigenvalue weighted by atomic mass is 35.5. The monoisotopic (exact) mass is 511 g/mol. The maximum atomic E-state index is 13.1. The fraction of sp³-hybridized carbons (Fsp3) is 0.238. The van der Waals surface area contributed by atoms with E-state index >= 15 is 0 Å². The molecule has 0 atom stereocenters. The standard InChI is InChI=1S/C21H19Cl2N3O6S/c1-31-13-2-4-15-18(24-28)12-20(32-19(15)10-13)21(27)25-6-8-26(9-7-25)33(29,30)14-3-5-16(22)17(23)11-14/h2-5,10-12,28H,6-9H2,1H3/b24-18+. The van der Waals surface area contributed by atoms with E-state index in [-0.39, 0.29) is 52.2 Å². The van der Waals surface area contributed by atoms with Crippen LogP contribution in [0.5, 0.6) is 5.75 Å². The molecule has 3 aromatic rings. The molecule has 174 valence electrons. The molecule has 1 aliphatic heterocycles. The molecule has 1 N–H and O–H groups in total. The van der Waals surface area contributed by atoms with Crippen molar-refractivity contribution >= 4 is 50.1 Å². The molecule has 2 aromatic carbocycles. The van der Waals surface area contributed by atoms with Gasteiger partial charge in [0.25, 0.3) is 5.91 Å². The number of ether oxygens (including phenoxy) is 1. The number of hydrogen-bond acceptors (Lipinski definition) is 7. The van der Waals surface area contributed by atoms with Crippen LogP contribution in [0, 0.1) is 0 Å². The lowest BCUT2D eigenvalue weighted by Gasteiger charge is -2.33. The molecule has 4 rings (SSSR count). The highest BCUT2D eigenvalue weighted by molar-refractivity contribution is 7.89. The van der Waals surface area contributed by atoms with Crippen LogP contribution < -0.4 is 10.1 Å². The smallest absolute Gasteiger partial charge is 0.289 e. The van der Waals surface area contributed by atoms with Crippen LogP contribution in [0.1, 0.15) is 10.6 Å². The Kier molecular flexibility index (Phi) is 6.53. The zero-order valence-corrected chi connectivity index (χ0v) is 19.7. The lowest BCUT2D eigenvalue weighted by Crippen LogP contribution is -2.50. The molecule has 0 aliphatic carbocycles. The van der Waals surface area contributed by atoms with Gasteiger partial charge in [-0.15, -0.1) is 0 Å². The summed E-state index contributed by atoms with van der Waals surface area (Å²) in [6.07, 6.45) is 0. The third-order valence-corrected chi connectivity index (χ3v) is 7.96. The lowest BCUT2D eigenvalue weighted by atomic mass is 10.2. The molecule has 33 heavy (non-hydrogen) atoms. The van der Waals surface area contributed by atoms with Crippen LogP contribution in [-0.2, 0) is 10.0 Å². The summed E-state index contributed by atoms with van der Waals surface area (Å²) < 4.78 is 38.1. The van der Waals surface area contributed by atoms with Crippen molar-refractivity contribution in [2.75, 3.05) is 33.3 Å². The molecule has 2 heterocycles. The van der Waals surface area contributed by atoms with Crippen LogP contribution in [-0.4, -0.2) is 62.0 Å². The zero-order valence-electron chi connectivity index (χ0n) is 17.4. The number of benzene rings is 2. The Morgan fingerprint density at radius 1 is 1.06 bits per heavy atom. The summed E-state index contributed by atoms with van der Waals surface area (Å²) in [4.78, 5) is 14.6. The third-order valence-electron chi connectivity index (χ3n) is 5.33. The molecular weight excluding hydrogens is 493 g/mol. The number of halogens is 2. The summed E-state index contributed by atoms with van der Waals surface area (Å²) in [5, 5.41) is 13.7. The second-order valence-electron chi connectivity index (χ2n) is 7.23. The van der Waals surface area contributed by atoms with Crippen molar-refractivity contribution in [2.24, 2.45) is 5.16 Å². The number of carbonyl (C=O) groups excluding carboxylic acids is 1. The van der Waals surface area contributed by atoms with E-state index in [0.29, 0.717) is 16.7 Å². The van der Waals surface area contributed by atoms with Crippen LogP contribution in [0.4, 0.5) is 0 Å².